The van der Waals surface area contributed by atoms with E-state index < -0.39 is 0 Å². The van der Waals surface area contributed by atoms with E-state index >= 15 is 0 Å². The van der Waals surface area contributed by atoms with E-state index in [0.29, 0.717) is 19.5 Å². The van der Waals surface area contributed by atoms with Gasteiger partial charge in [-0.05, 0) is 7.05 Å². The summed E-state index contributed by atoms with van der Waals surface area (Å²) in [7, 11) is 1.83. The van der Waals surface area contributed by atoms with Gasteiger partial charge in [0.25, 0.3) is 0 Å². The normalized spacial score (nSPS) is 12.4. The second-order valence-electron chi connectivity index (χ2n) is 3.43. The van der Waals surface area contributed by atoms with Crippen LogP contribution in [-0.2, 0) is 11.2 Å². The summed E-state index contributed by atoms with van der Waals surface area (Å²) in [4.78, 5) is 15.4. The minimum absolute atomic E-state index is 0.00951. The summed E-state index contributed by atoms with van der Waals surface area (Å²) in [6.07, 6.45) is 2.14. The quantitative estimate of drug-likeness (QED) is 0.582. The summed E-state index contributed by atoms with van der Waals surface area (Å²) in [6.45, 7) is 3.16. The lowest BCUT2D eigenvalue weighted by atomic mass is 10.1. The molecule has 1 unspecified atom stereocenters. The van der Waals surface area contributed by atoms with Gasteiger partial charge in [-0.3, -0.25) is 9.89 Å². The van der Waals surface area contributed by atoms with Gasteiger partial charge in [-0.1, -0.05) is 6.92 Å². The molecule has 84 valence electrons. The number of aromatic amines is 1. The van der Waals surface area contributed by atoms with Crippen LogP contribution in [-0.4, -0.2) is 41.2 Å². The fourth-order valence-electron chi connectivity index (χ4n) is 1.23. The summed E-state index contributed by atoms with van der Waals surface area (Å²) in [5, 5.41) is 12.3. The van der Waals surface area contributed by atoms with Gasteiger partial charge in [0.2, 0.25) is 5.91 Å². The molecule has 0 spiro atoms. The number of hydrogen-bond acceptors (Lipinski definition) is 4. The van der Waals surface area contributed by atoms with Crippen molar-refractivity contribution in [2.45, 2.75) is 13.3 Å². The van der Waals surface area contributed by atoms with Crippen LogP contribution in [0.2, 0.25) is 0 Å². The van der Waals surface area contributed by atoms with Gasteiger partial charge < -0.3 is 10.6 Å². The Labute approximate surface area is 88.9 Å². The zero-order valence-electron chi connectivity index (χ0n) is 9.08. The number of rotatable bonds is 6. The number of carbonyl (C=O) groups is 1. The van der Waals surface area contributed by atoms with Gasteiger partial charge in [-0.2, -0.15) is 5.10 Å². The van der Waals surface area contributed by atoms with Crippen LogP contribution in [0.5, 0.6) is 0 Å². The maximum absolute atomic E-state index is 11.5. The third-order valence-corrected chi connectivity index (χ3v) is 2.08. The molecule has 0 aliphatic carbocycles. The number of nitrogens with one attached hydrogen (secondary N) is 3. The van der Waals surface area contributed by atoms with Crippen LogP contribution in [0.4, 0.5) is 0 Å². The van der Waals surface area contributed by atoms with E-state index in [9.17, 15) is 4.79 Å². The smallest absolute Gasteiger partial charge is 0.224 e. The molecule has 1 amide bonds. The largest absolute Gasteiger partial charge is 0.355 e. The molecular formula is C9H17N5O. The van der Waals surface area contributed by atoms with Gasteiger partial charge in [-0.15, -0.1) is 0 Å². The Balaban J connectivity index is 2.17. The molecule has 3 N–H and O–H groups in total. The van der Waals surface area contributed by atoms with Gasteiger partial charge in [0.05, 0.1) is 0 Å². The summed E-state index contributed by atoms with van der Waals surface area (Å²) in [6, 6.07) is 0. The number of amides is 1. The Morgan fingerprint density at radius 1 is 1.67 bits per heavy atom. The van der Waals surface area contributed by atoms with Crippen LogP contribution in [0.3, 0.4) is 0 Å². The average molecular weight is 211 g/mol. The summed E-state index contributed by atoms with van der Waals surface area (Å²) in [5.41, 5.74) is 0. The van der Waals surface area contributed by atoms with Crippen molar-refractivity contribution in [2.24, 2.45) is 5.92 Å². The fraction of sp³-hybridized carbons (Fsp3) is 0.667. The third-order valence-electron chi connectivity index (χ3n) is 2.08. The van der Waals surface area contributed by atoms with E-state index in [0.717, 1.165) is 5.82 Å². The van der Waals surface area contributed by atoms with Crippen LogP contribution >= 0.6 is 0 Å². The second kappa shape index (κ2) is 6.13. The molecule has 1 rings (SSSR count). The molecule has 6 nitrogen and oxygen atoms in total. The summed E-state index contributed by atoms with van der Waals surface area (Å²) >= 11 is 0. The number of nitrogens with zero attached hydrogens (tertiary/aromatic N) is 2. The van der Waals surface area contributed by atoms with Crippen molar-refractivity contribution in [2.75, 3.05) is 20.1 Å². The van der Waals surface area contributed by atoms with Crippen molar-refractivity contribution < 1.29 is 4.79 Å². The SMILES string of the molecule is CNCC(C)C(=O)NCCc1ncn[nH]1. The fourth-order valence-corrected chi connectivity index (χ4v) is 1.23. The number of carbonyl (C=O) groups excluding carboxylic acids is 1. The average Bonchev–Trinajstić information content (AvgIpc) is 2.71. The molecule has 0 radical (unpaired) electrons. The standard InChI is InChI=1S/C9H17N5O/c1-7(5-10-2)9(15)11-4-3-8-12-6-13-14-8/h6-7,10H,3-5H2,1-2H3,(H,11,15)(H,12,13,14). The van der Waals surface area contributed by atoms with E-state index in [1.807, 2.05) is 14.0 Å². The lowest BCUT2D eigenvalue weighted by Gasteiger charge is -2.10. The van der Waals surface area contributed by atoms with Crippen molar-refractivity contribution in [1.29, 1.82) is 0 Å². The lowest BCUT2D eigenvalue weighted by molar-refractivity contribution is -0.124. The molecule has 6 heteroatoms. The minimum Gasteiger partial charge on any atom is -0.355 e. The van der Waals surface area contributed by atoms with Crippen LogP contribution in [0.25, 0.3) is 0 Å². The zero-order valence-corrected chi connectivity index (χ0v) is 9.08. The highest BCUT2D eigenvalue weighted by molar-refractivity contribution is 5.78. The predicted octanol–water partition coefficient (Wildman–Crippen LogP) is -0.681. The molecular weight excluding hydrogens is 194 g/mol. The van der Waals surface area contributed by atoms with E-state index in [1.54, 1.807) is 0 Å². The maximum Gasteiger partial charge on any atom is 0.224 e. The molecule has 0 aliphatic rings. The first-order chi connectivity index (χ1) is 7.24. The lowest BCUT2D eigenvalue weighted by Crippen LogP contribution is -2.35. The van der Waals surface area contributed by atoms with E-state index in [1.165, 1.54) is 6.33 Å². The Bertz CT molecular complexity index is 285. The van der Waals surface area contributed by atoms with Gasteiger partial charge in [0.1, 0.15) is 12.2 Å². The molecule has 1 aromatic heterocycles. The molecule has 0 aliphatic heterocycles. The molecule has 0 saturated carbocycles. The van der Waals surface area contributed by atoms with E-state index in [2.05, 4.69) is 25.8 Å². The molecule has 1 aromatic rings. The molecule has 1 atom stereocenters. The Kier molecular flexibility index (Phi) is 4.76. The topological polar surface area (TPSA) is 82.7 Å². The maximum atomic E-state index is 11.5. The van der Waals surface area contributed by atoms with Crippen LogP contribution in [0, 0.1) is 5.92 Å². The highest BCUT2D eigenvalue weighted by atomic mass is 16.1. The first-order valence-electron chi connectivity index (χ1n) is 5.00. The number of H-pyrrole nitrogens is 1. The first kappa shape index (κ1) is 11.6. The summed E-state index contributed by atoms with van der Waals surface area (Å²) in [5.74, 6) is 0.838. The third kappa shape index (κ3) is 4.07. The second-order valence-corrected chi connectivity index (χ2v) is 3.43. The van der Waals surface area contributed by atoms with E-state index in [4.69, 9.17) is 0 Å². The molecule has 1 heterocycles. The Hall–Kier alpha value is -1.43. The molecule has 0 aromatic carbocycles. The highest BCUT2D eigenvalue weighted by Gasteiger charge is 2.10. The monoisotopic (exact) mass is 211 g/mol. The molecule has 15 heavy (non-hydrogen) atoms. The van der Waals surface area contributed by atoms with Crippen LogP contribution in [0.1, 0.15) is 12.7 Å². The Morgan fingerprint density at radius 3 is 3.07 bits per heavy atom. The van der Waals surface area contributed by atoms with Gasteiger partial charge in [0.15, 0.2) is 0 Å². The van der Waals surface area contributed by atoms with Crippen LogP contribution in [0.15, 0.2) is 6.33 Å². The Morgan fingerprint density at radius 2 is 2.47 bits per heavy atom. The van der Waals surface area contributed by atoms with Gasteiger partial charge >= 0.3 is 0 Å². The molecule has 0 bridgehead atoms. The number of hydrogen-bond donors (Lipinski definition) is 3. The van der Waals surface area contributed by atoms with E-state index in [-0.39, 0.29) is 11.8 Å². The first-order valence-corrected chi connectivity index (χ1v) is 5.00. The zero-order chi connectivity index (χ0) is 11.1. The van der Waals surface area contributed by atoms with Gasteiger partial charge in [-0.25, -0.2) is 4.98 Å². The van der Waals surface area contributed by atoms with Crippen molar-refractivity contribution in [1.82, 2.24) is 25.8 Å². The predicted molar refractivity (Wildman–Crippen MR) is 56.2 cm³/mol. The highest BCUT2D eigenvalue weighted by Crippen LogP contribution is 1.92. The molecule has 0 fully saturated rings. The number of aromatic nitrogens is 3. The minimum atomic E-state index is -0.00951. The summed E-state index contributed by atoms with van der Waals surface area (Å²) < 4.78 is 0. The van der Waals surface area contributed by atoms with Gasteiger partial charge in [0, 0.05) is 25.4 Å². The van der Waals surface area contributed by atoms with Crippen LogP contribution < -0.4 is 10.6 Å². The van der Waals surface area contributed by atoms with Crippen molar-refractivity contribution in [3.8, 4) is 0 Å². The van der Waals surface area contributed by atoms with Crippen molar-refractivity contribution in [3.05, 3.63) is 12.2 Å². The molecule has 0 saturated heterocycles. The van der Waals surface area contributed by atoms with Crippen molar-refractivity contribution in [3.63, 3.8) is 0 Å². The van der Waals surface area contributed by atoms with Crippen molar-refractivity contribution >= 4 is 5.91 Å².